The predicted molar refractivity (Wildman–Crippen MR) is 101 cm³/mol. The van der Waals surface area contributed by atoms with Crippen molar-refractivity contribution in [3.8, 4) is 11.5 Å². The zero-order valence-electron chi connectivity index (χ0n) is 14.9. The van der Waals surface area contributed by atoms with Crippen LogP contribution in [0.2, 0.25) is 0 Å². The number of carbonyl (C=O) groups excluding carboxylic acids is 1. The SMILES string of the molecule is Cc1cc(NC(=O)[C@@H]2C[C@H]2c2ccc(F)cc2)ccc1Oc1cccnc1. The zero-order chi connectivity index (χ0) is 18.8. The van der Waals surface area contributed by atoms with Crippen LogP contribution in [0.3, 0.4) is 0 Å². The highest BCUT2D eigenvalue weighted by Crippen LogP contribution is 2.48. The fraction of sp³-hybridized carbons (Fsp3) is 0.182. The molecule has 4 rings (SSSR count). The maximum atomic E-state index is 13.0. The van der Waals surface area contributed by atoms with E-state index >= 15 is 0 Å². The number of pyridine rings is 1. The zero-order valence-corrected chi connectivity index (χ0v) is 14.9. The van der Waals surface area contributed by atoms with Gasteiger partial charge in [-0.15, -0.1) is 0 Å². The third kappa shape index (κ3) is 3.97. The number of anilines is 1. The van der Waals surface area contributed by atoms with E-state index in [-0.39, 0.29) is 23.6 Å². The van der Waals surface area contributed by atoms with Gasteiger partial charge in [0, 0.05) is 17.8 Å². The van der Waals surface area contributed by atoms with Crippen LogP contribution in [0.5, 0.6) is 11.5 Å². The molecule has 3 aromatic rings. The number of halogens is 1. The first kappa shape index (κ1) is 17.2. The summed E-state index contributed by atoms with van der Waals surface area (Å²) in [7, 11) is 0. The van der Waals surface area contributed by atoms with Crippen molar-refractivity contribution in [1.29, 1.82) is 0 Å². The Bertz CT molecular complexity index is 958. The number of carbonyl (C=O) groups is 1. The van der Waals surface area contributed by atoms with Crippen LogP contribution >= 0.6 is 0 Å². The van der Waals surface area contributed by atoms with Crippen LogP contribution < -0.4 is 10.1 Å². The van der Waals surface area contributed by atoms with Gasteiger partial charge in [0.2, 0.25) is 5.91 Å². The highest BCUT2D eigenvalue weighted by molar-refractivity contribution is 5.95. The van der Waals surface area contributed by atoms with Gasteiger partial charge in [0.15, 0.2) is 0 Å². The molecule has 136 valence electrons. The van der Waals surface area contributed by atoms with E-state index in [0.29, 0.717) is 5.75 Å². The van der Waals surface area contributed by atoms with Gasteiger partial charge < -0.3 is 10.1 Å². The largest absolute Gasteiger partial charge is 0.455 e. The summed E-state index contributed by atoms with van der Waals surface area (Å²) in [6.45, 7) is 1.93. The maximum Gasteiger partial charge on any atom is 0.228 e. The molecule has 2 atom stereocenters. The van der Waals surface area contributed by atoms with Gasteiger partial charge in [0.25, 0.3) is 0 Å². The molecule has 1 aliphatic carbocycles. The lowest BCUT2D eigenvalue weighted by atomic mass is 10.1. The second-order valence-corrected chi connectivity index (χ2v) is 6.76. The predicted octanol–water partition coefficient (Wildman–Crippen LogP) is 5.06. The molecule has 1 N–H and O–H groups in total. The Morgan fingerprint density at radius 2 is 2.00 bits per heavy atom. The highest BCUT2D eigenvalue weighted by atomic mass is 19.1. The number of benzene rings is 2. The maximum absolute atomic E-state index is 13.0. The van der Waals surface area contributed by atoms with E-state index < -0.39 is 0 Å². The molecule has 0 bridgehead atoms. The Balaban J connectivity index is 1.39. The molecular formula is C22H19FN2O2. The molecule has 1 fully saturated rings. The number of aryl methyl sites for hydroxylation is 1. The van der Waals surface area contributed by atoms with E-state index in [4.69, 9.17) is 4.74 Å². The number of ether oxygens (including phenoxy) is 1. The second-order valence-electron chi connectivity index (χ2n) is 6.76. The van der Waals surface area contributed by atoms with Gasteiger partial charge in [-0.3, -0.25) is 9.78 Å². The minimum Gasteiger partial charge on any atom is -0.455 e. The van der Waals surface area contributed by atoms with Gasteiger partial charge >= 0.3 is 0 Å². The van der Waals surface area contributed by atoms with Crippen LogP contribution in [-0.2, 0) is 4.79 Å². The minimum absolute atomic E-state index is 0.00958. The van der Waals surface area contributed by atoms with Crippen molar-refractivity contribution < 1.29 is 13.9 Å². The summed E-state index contributed by atoms with van der Waals surface area (Å²) in [5.41, 5.74) is 2.66. The van der Waals surface area contributed by atoms with Crippen molar-refractivity contribution in [3.63, 3.8) is 0 Å². The molecule has 1 aromatic heterocycles. The van der Waals surface area contributed by atoms with Crippen molar-refractivity contribution in [2.45, 2.75) is 19.3 Å². The fourth-order valence-electron chi connectivity index (χ4n) is 3.17. The summed E-state index contributed by atoms with van der Waals surface area (Å²) < 4.78 is 18.8. The molecule has 1 aliphatic rings. The van der Waals surface area contributed by atoms with Crippen molar-refractivity contribution in [1.82, 2.24) is 4.98 Å². The molecular weight excluding hydrogens is 343 g/mol. The third-order valence-corrected chi connectivity index (χ3v) is 4.73. The van der Waals surface area contributed by atoms with Gasteiger partial charge in [0.05, 0.1) is 6.20 Å². The summed E-state index contributed by atoms with van der Waals surface area (Å²) in [5, 5.41) is 2.97. The van der Waals surface area contributed by atoms with Crippen molar-refractivity contribution >= 4 is 11.6 Å². The topological polar surface area (TPSA) is 51.2 Å². The Morgan fingerprint density at radius 1 is 1.19 bits per heavy atom. The number of aromatic nitrogens is 1. The average molecular weight is 362 g/mol. The number of nitrogens with one attached hydrogen (secondary N) is 1. The van der Waals surface area contributed by atoms with Crippen LogP contribution in [0.4, 0.5) is 10.1 Å². The molecule has 1 heterocycles. The first-order chi connectivity index (χ1) is 13.1. The van der Waals surface area contributed by atoms with Crippen LogP contribution in [0.1, 0.15) is 23.5 Å². The number of amides is 1. The summed E-state index contributed by atoms with van der Waals surface area (Å²) in [5.74, 6) is 1.21. The molecule has 2 aromatic carbocycles. The van der Waals surface area contributed by atoms with Crippen molar-refractivity contribution in [2.75, 3.05) is 5.32 Å². The van der Waals surface area contributed by atoms with Crippen LogP contribution in [0.15, 0.2) is 67.0 Å². The number of hydrogen-bond acceptors (Lipinski definition) is 3. The van der Waals surface area contributed by atoms with Crippen LogP contribution in [0, 0.1) is 18.7 Å². The van der Waals surface area contributed by atoms with Crippen LogP contribution in [0.25, 0.3) is 0 Å². The lowest BCUT2D eigenvalue weighted by Gasteiger charge is -2.11. The Hall–Kier alpha value is -3.21. The first-order valence-electron chi connectivity index (χ1n) is 8.85. The van der Waals surface area contributed by atoms with Gasteiger partial charge in [-0.1, -0.05) is 12.1 Å². The molecule has 0 spiro atoms. The van der Waals surface area contributed by atoms with Crippen LogP contribution in [-0.4, -0.2) is 10.9 Å². The van der Waals surface area contributed by atoms with E-state index in [1.54, 1.807) is 24.5 Å². The van der Waals surface area contributed by atoms with E-state index in [0.717, 1.165) is 29.0 Å². The van der Waals surface area contributed by atoms with E-state index in [9.17, 15) is 9.18 Å². The molecule has 27 heavy (non-hydrogen) atoms. The Morgan fingerprint density at radius 3 is 2.70 bits per heavy atom. The van der Waals surface area contributed by atoms with Gasteiger partial charge in [-0.2, -0.15) is 0 Å². The highest BCUT2D eigenvalue weighted by Gasteiger charge is 2.43. The molecule has 0 aliphatic heterocycles. The Kier molecular flexibility index (Phi) is 4.59. The van der Waals surface area contributed by atoms with E-state index in [1.807, 2.05) is 37.3 Å². The summed E-state index contributed by atoms with van der Waals surface area (Å²) in [6, 6.07) is 15.6. The molecule has 0 radical (unpaired) electrons. The molecule has 0 saturated heterocycles. The van der Waals surface area contributed by atoms with Gasteiger partial charge in [-0.05, 0) is 72.9 Å². The van der Waals surface area contributed by atoms with Crippen molar-refractivity contribution in [2.24, 2.45) is 5.92 Å². The smallest absolute Gasteiger partial charge is 0.228 e. The summed E-state index contributed by atoms with van der Waals surface area (Å²) in [6.07, 6.45) is 4.13. The van der Waals surface area contributed by atoms with E-state index in [2.05, 4.69) is 10.3 Å². The number of rotatable bonds is 5. The average Bonchev–Trinajstić information content (AvgIpc) is 3.46. The van der Waals surface area contributed by atoms with Crippen molar-refractivity contribution in [3.05, 3.63) is 83.9 Å². The Labute approximate surface area is 157 Å². The lowest BCUT2D eigenvalue weighted by Crippen LogP contribution is -2.14. The summed E-state index contributed by atoms with van der Waals surface area (Å²) >= 11 is 0. The number of nitrogens with zero attached hydrogens (tertiary/aromatic N) is 1. The quantitative estimate of drug-likeness (QED) is 0.690. The standard InChI is InChI=1S/C22H19FN2O2/c1-14-11-17(8-9-21(14)27-18-3-2-10-24-13-18)25-22(26)20-12-19(20)15-4-6-16(23)7-5-15/h2-11,13,19-20H,12H2,1H3,(H,25,26)/t19-,20+/m0/s1. The fourth-order valence-corrected chi connectivity index (χ4v) is 3.17. The summed E-state index contributed by atoms with van der Waals surface area (Å²) in [4.78, 5) is 16.5. The third-order valence-electron chi connectivity index (χ3n) is 4.73. The monoisotopic (exact) mass is 362 g/mol. The number of hydrogen-bond donors (Lipinski definition) is 1. The molecule has 1 amide bonds. The van der Waals surface area contributed by atoms with E-state index in [1.165, 1.54) is 12.1 Å². The molecule has 4 nitrogen and oxygen atoms in total. The normalized spacial score (nSPS) is 18.0. The lowest BCUT2D eigenvalue weighted by molar-refractivity contribution is -0.117. The van der Waals surface area contributed by atoms with Gasteiger partial charge in [-0.25, -0.2) is 4.39 Å². The second kappa shape index (κ2) is 7.19. The first-order valence-corrected chi connectivity index (χ1v) is 8.85. The molecule has 1 saturated carbocycles. The van der Waals surface area contributed by atoms with Gasteiger partial charge in [0.1, 0.15) is 17.3 Å². The minimum atomic E-state index is -0.260. The molecule has 0 unspecified atom stereocenters. The molecule has 5 heteroatoms.